The molecule has 4 aromatic rings. The van der Waals surface area contributed by atoms with Gasteiger partial charge in [-0.05, 0) is 24.3 Å². The maximum atomic E-state index is 12.9. The maximum absolute atomic E-state index is 12.9. The quantitative estimate of drug-likeness (QED) is 0.259. The molecule has 198 valence electrons. The topological polar surface area (TPSA) is 149 Å². The summed E-state index contributed by atoms with van der Waals surface area (Å²) in [6, 6.07) is 12.2. The Kier molecular flexibility index (Phi) is 7.42. The molecule has 4 N–H and O–H groups in total. The van der Waals surface area contributed by atoms with Crippen LogP contribution in [0.3, 0.4) is 0 Å². The van der Waals surface area contributed by atoms with Gasteiger partial charge < -0.3 is 29.8 Å². The van der Waals surface area contributed by atoms with E-state index in [2.05, 4.69) is 35.4 Å². The molecule has 0 bridgehead atoms. The van der Waals surface area contributed by atoms with E-state index in [1.807, 2.05) is 18.2 Å². The van der Waals surface area contributed by atoms with Crippen LogP contribution in [0.15, 0.2) is 48.8 Å². The second kappa shape index (κ2) is 11.2. The van der Waals surface area contributed by atoms with Crippen LogP contribution in [0, 0.1) is 6.57 Å². The van der Waals surface area contributed by atoms with Crippen LogP contribution < -0.4 is 15.4 Å². The van der Waals surface area contributed by atoms with Crippen molar-refractivity contribution in [1.82, 2.24) is 24.8 Å². The number of aromatic nitrogens is 4. The van der Waals surface area contributed by atoms with E-state index in [4.69, 9.17) is 22.9 Å². The Morgan fingerprint density at radius 2 is 1.92 bits per heavy atom. The third-order valence-corrected chi connectivity index (χ3v) is 6.52. The minimum atomic E-state index is -0.627. The first-order valence-corrected chi connectivity index (χ1v) is 12.5. The van der Waals surface area contributed by atoms with Gasteiger partial charge in [0.2, 0.25) is 5.95 Å². The van der Waals surface area contributed by atoms with Crippen LogP contribution in [-0.4, -0.2) is 68.3 Å². The molecule has 13 heteroatoms. The summed E-state index contributed by atoms with van der Waals surface area (Å²) in [4.78, 5) is 56.5. The van der Waals surface area contributed by atoms with Crippen molar-refractivity contribution < 1.29 is 19.1 Å². The number of anilines is 2. The molecular weight excluding hydrogens is 524 g/mol. The number of H-pyrrole nitrogens is 2. The van der Waals surface area contributed by atoms with Gasteiger partial charge in [0.05, 0.1) is 28.1 Å². The van der Waals surface area contributed by atoms with E-state index in [1.165, 1.54) is 6.33 Å². The van der Waals surface area contributed by atoms with E-state index in [-0.39, 0.29) is 40.9 Å². The average Bonchev–Trinajstić information content (AvgIpc) is 3.58. The molecule has 3 amide bonds. The van der Waals surface area contributed by atoms with Gasteiger partial charge in [-0.25, -0.2) is 16.5 Å². The standard InChI is InChI=1S/C26H23ClN8O4/c1-28-13-21(36)35-10-8-15(9-11-35)39-16-6-7-18(17(27)12-16)31-24(37)22-23(30-14-29-22)25(38)34-26-32-19-4-2-3-5-20(19)33-26/h2-7,12,14-15H,8-11,13H2,(H,29,30)(H,31,37)(H2,32,33,34,38). The molecule has 0 atom stereocenters. The molecule has 0 saturated carbocycles. The van der Waals surface area contributed by atoms with Crippen molar-refractivity contribution in [3.05, 3.63) is 76.6 Å². The number of benzene rings is 2. The lowest BCUT2D eigenvalue weighted by Crippen LogP contribution is -2.42. The Hall–Kier alpha value is -4.89. The third kappa shape index (κ3) is 5.83. The van der Waals surface area contributed by atoms with Gasteiger partial charge in [0.15, 0.2) is 5.69 Å². The normalized spacial score (nSPS) is 13.6. The van der Waals surface area contributed by atoms with Gasteiger partial charge in [-0.1, -0.05) is 23.7 Å². The molecule has 2 aromatic heterocycles. The molecule has 5 rings (SSSR count). The number of amides is 3. The lowest BCUT2D eigenvalue weighted by Gasteiger charge is -2.31. The van der Waals surface area contributed by atoms with E-state index in [1.54, 1.807) is 29.2 Å². The molecule has 12 nitrogen and oxygen atoms in total. The molecule has 0 unspecified atom stereocenters. The van der Waals surface area contributed by atoms with Crippen molar-refractivity contribution in [3.63, 3.8) is 0 Å². The highest BCUT2D eigenvalue weighted by atomic mass is 35.5. The van der Waals surface area contributed by atoms with Crippen LogP contribution in [0.2, 0.25) is 5.02 Å². The average molecular weight is 547 g/mol. The van der Waals surface area contributed by atoms with E-state index in [0.717, 1.165) is 5.52 Å². The minimum absolute atomic E-state index is 0.0368. The highest BCUT2D eigenvalue weighted by Crippen LogP contribution is 2.29. The van der Waals surface area contributed by atoms with Gasteiger partial charge in [-0.15, -0.1) is 0 Å². The Morgan fingerprint density at radius 3 is 2.67 bits per heavy atom. The molecule has 0 aliphatic carbocycles. The van der Waals surface area contributed by atoms with Crippen LogP contribution in [-0.2, 0) is 4.79 Å². The first-order chi connectivity index (χ1) is 18.9. The van der Waals surface area contributed by atoms with Crippen molar-refractivity contribution in [3.8, 4) is 5.75 Å². The first-order valence-electron chi connectivity index (χ1n) is 12.1. The van der Waals surface area contributed by atoms with Crippen LogP contribution in [0.4, 0.5) is 11.6 Å². The number of hydrogen-bond donors (Lipinski definition) is 4. The summed E-state index contributed by atoms with van der Waals surface area (Å²) in [6.07, 6.45) is 2.42. The number of aromatic amines is 2. The number of ether oxygens (including phenoxy) is 1. The number of hydrogen-bond acceptors (Lipinski definition) is 6. The number of nitrogens with one attached hydrogen (secondary N) is 4. The number of halogens is 1. The van der Waals surface area contributed by atoms with Crippen molar-refractivity contribution >= 4 is 52.0 Å². The minimum Gasteiger partial charge on any atom is -0.490 e. The molecule has 39 heavy (non-hydrogen) atoms. The monoisotopic (exact) mass is 546 g/mol. The van der Waals surface area contributed by atoms with Crippen molar-refractivity contribution in [1.29, 1.82) is 0 Å². The van der Waals surface area contributed by atoms with E-state index in [9.17, 15) is 14.4 Å². The fraction of sp³-hybridized carbons (Fsp3) is 0.231. The predicted octanol–water partition coefficient (Wildman–Crippen LogP) is 3.73. The Labute approximate surface area is 227 Å². The maximum Gasteiger partial charge on any atom is 0.302 e. The Morgan fingerprint density at radius 1 is 1.13 bits per heavy atom. The van der Waals surface area contributed by atoms with Gasteiger partial charge in [0, 0.05) is 32.0 Å². The summed E-state index contributed by atoms with van der Waals surface area (Å²) < 4.78 is 6.01. The van der Waals surface area contributed by atoms with Crippen LogP contribution in [0.25, 0.3) is 15.9 Å². The Balaban J connectivity index is 1.19. The molecule has 1 fully saturated rings. The zero-order valence-electron chi connectivity index (χ0n) is 20.5. The summed E-state index contributed by atoms with van der Waals surface area (Å²) in [5.74, 6) is -0.624. The van der Waals surface area contributed by atoms with Crippen molar-refractivity contribution in [2.24, 2.45) is 0 Å². The summed E-state index contributed by atoms with van der Waals surface area (Å²) >= 11 is 6.40. The molecule has 1 saturated heterocycles. The fourth-order valence-electron chi connectivity index (χ4n) is 4.26. The number of carbonyl (C=O) groups excluding carboxylic acids is 3. The van der Waals surface area contributed by atoms with Crippen LogP contribution in [0.5, 0.6) is 5.75 Å². The molecule has 1 aliphatic rings. The third-order valence-electron chi connectivity index (χ3n) is 6.20. The lowest BCUT2D eigenvalue weighted by atomic mass is 10.1. The van der Waals surface area contributed by atoms with Gasteiger partial charge in [-0.3, -0.25) is 19.7 Å². The largest absolute Gasteiger partial charge is 0.490 e. The molecule has 1 aliphatic heterocycles. The zero-order chi connectivity index (χ0) is 27.4. The SMILES string of the molecule is [C-]#[N+]CC(=O)N1CCC(Oc2ccc(NC(=O)c3nc[nH]c3C(=O)Nc3nc4ccccc4[nH]3)c(Cl)c2)CC1. The van der Waals surface area contributed by atoms with E-state index in [0.29, 0.717) is 42.9 Å². The Bertz CT molecular complexity index is 1550. The lowest BCUT2D eigenvalue weighted by molar-refractivity contribution is -0.130. The predicted molar refractivity (Wildman–Crippen MR) is 144 cm³/mol. The van der Waals surface area contributed by atoms with Gasteiger partial charge in [0.1, 0.15) is 17.5 Å². The summed E-state index contributed by atoms with van der Waals surface area (Å²) in [6.45, 7) is 7.75. The molecule has 2 aromatic carbocycles. The van der Waals surface area contributed by atoms with E-state index >= 15 is 0 Å². The second-order valence-corrected chi connectivity index (χ2v) is 9.20. The number of carbonyl (C=O) groups is 3. The molecule has 3 heterocycles. The molecule has 0 radical (unpaired) electrons. The number of para-hydroxylation sites is 2. The van der Waals surface area contributed by atoms with Crippen LogP contribution in [0.1, 0.15) is 33.8 Å². The smallest absolute Gasteiger partial charge is 0.302 e. The second-order valence-electron chi connectivity index (χ2n) is 8.79. The zero-order valence-corrected chi connectivity index (χ0v) is 21.3. The summed E-state index contributed by atoms with van der Waals surface area (Å²) in [5.41, 5.74) is 1.62. The van der Waals surface area contributed by atoms with Gasteiger partial charge in [-0.2, -0.15) is 0 Å². The van der Waals surface area contributed by atoms with Gasteiger partial charge >= 0.3 is 5.91 Å². The number of piperidine rings is 1. The highest BCUT2D eigenvalue weighted by molar-refractivity contribution is 6.34. The molecule has 0 spiro atoms. The fourth-order valence-corrected chi connectivity index (χ4v) is 4.47. The van der Waals surface area contributed by atoms with Crippen molar-refractivity contribution in [2.45, 2.75) is 18.9 Å². The van der Waals surface area contributed by atoms with Crippen LogP contribution >= 0.6 is 11.6 Å². The number of rotatable bonds is 7. The number of imidazole rings is 2. The summed E-state index contributed by atoms with van der Waals surface area (Å²) in [7, 11) is 0. The molecular formula is C26H23ClN8O4. The number of fused-ring (bicyclic) bond motifs is 1. The number of nitrogens with zero attached hydrogens (tertiary/aromatic N) is 4. The summed E-state index contributed by atoms with van der Waals surface area (Å²) in [5, 5.41) is 5.55. The van der Waals surface area contributed by atoms with Gasteiger partial charge in [0.25, 0.3) is 18.4 Å². The highest BCUT2D eigenvalue weighted by Gasteiger charge is 2.26. The number of likely N-dealkylation sites (tertiary alicyclic amines) is 1. The first kappa shape index (κ1) is 25.7. The van der Waals surface area contributed by atoms with Crippen molar-refractivity contribution in [2.75, 3.05) is 30.3 Å². The van der Waals surface area contributed by atoms with E-state index < -0.39 is 11.8 Å².